The van der Waals surface area contributed by atoms with Crippen LogP contribution in [0.15, 0.2) is 18.5 Å². The zero-order chi connectivity index (χ0) is 11.4. The zero-order valence-corrected chi connectivity index (χ0v) is 9.02. The van der Waals surface area contributed by atoms with Gasteiger partial charge in [-0.15, -0.1) is 0 Å². The Morgan fingerprint density at radius 2 is 2.19 bits per heavy atom. The lowest BCUT2D eigenvalue weighted by Gasteiger charge is -2.22. The Labute approximate surface area is 93.9 Å². The molecule has 0 aliphatic heterocycles. The van der Waals surface area contributed by atoms with Crippen LogP contribution >= 0.6 is 0 Å². The van der Waals surface area contributed by atoms with Crippen molar-refractivity contribution in [3.8, 4) is 0 Å². The minimum atomic E-state index is -0.712. The number of rotatable bonds is 3. The molecule has 0 spiro atoms. The molecule has 1 aromatic rings. The van der Waals surface area contributed by atoms with Gasteiger partial charge in [-0.3, -0.25) is 4.79 Å². The molecule has 2 N–H and O–H groups in total. The summed E-state index contributed by atoms with van der Waals surface area (Å²) in [5.41, 5.74) is -0.243. The summed E-state index contributed by atoms with van der Waals surface area (Å²) in [5, 5.41) is 20.0. The molecule has 5 heteroatoms. The molecular formula is C11H15N3O2. The smallest absolute Gasteiger partial charge is 0.253 e. The number of nitrogens with zero attached hydrogens (tertiary/aromatic N) is 2. The van der Waals surface area contributed by atoms with Crippen LogP contribution < -0.4 is 5.32 Å². The molecule has 0 bridgehead atoms. The second-order valence-electron chi connectivity index (χ2n) is 4.25. The third kappa shape index (κ3) is 2.55. The highest BCUT2D eigenvalue weighted by Gasteiger charge is 2.31. The van der Waals surface area contributed by atoms with Crippen LogP contribution in [0.3, 0.4) is 0 Å². The Morgan fingerprint density at radius 1 is 1.44 bits per heavy atom. The lowest BCUT2D eigenvalue weighted by atomic mass is 10.0. The highest BCUT2D eigenvalue weighted by atomic mass is 16.3. The highest BCUT2D eigenvalue weighted by molar-refractivity contribution is 5.93. The first-order valence-electron chi connectivity index (χ1n) is 5.47. The maximum atomic E-state index is 11.7. The number of hydrogen-bond acceptors (Lipinski definition) is 4. The summed E-state index contributed by atoms with van der Waals surface area (Å²) in [4.78, 5) is 11.7. The van der Waals surface area contributed by atoms with Crippen LogP contribution in [0.25, 0.3) is 0 Å². The normalized spacial score (nSPS) is 18.3. The molecule has 1 aliphatic rings. The van der Waals surface area contributed by atoms with E-state index in [1.165, 1.54) is 12.4 Å². The molecular weight excluding hydrogens is 206 g/mol. The number of amides is 1. The van der Waals surface area contributed by atoms with Crippen LogP contribution in [-0.4, -0.2) is 33.4 Å². The quantitative estimate of drug-likeness (QED) is 0.780. The standard InChI is InChI=1S/C11H15N3O2/c15-10(9-3-6-13-14-7-9)12-8-11(16)4-1-2-5-11/h3,6-7,16H,1-2,4-5,8H2,(H,12,15). The Morgan fingerprint density at radius 3 is 2.81 bits per heavy atom. The van der Waals surface area contributed by atoms with Gasteiger partial charge in [-0.25, -0.2) is 0 Å². The van der Waals surface area contributed by atoms with E-state index in [9.17, 15) is 9.90 Å². The van der Waals surface area contributed by atoms with Crippen LogP contribution in [0.4, 0.5) is 0 Å². The van der Waals surface area contributed by atoms with Crippen LogP contribution in [0, 0.1) is 0 Å². The topological polar surface area (TPSA) is 75.1 Å². The molecule has 2 rings (SSSR count). The predicted octanol–water partition coefficient (Wildman–Crippen LogP) is 0.511. The minimum Gasteiger partial charge on any atom is -0.388 e. The molecule has 1 amide bonds. The monoisotopic (exact) mass is 221 g/mol. The highest BCUT2D eigenvalue weighted by Crippen LogP contribution is 2.28. The molecule has 1 saturated carbocycles. The molecule has 16 heavy (non-hydrogen) atoms. The number of hydrogen-bond donors (Lipinski definition) is 2. The van der Waals surface area contributed by atoms with E-state index in [1.807, 2.05) is 0 Å². The van der Waals surface area contributed by atoms with Crippen LogP contribution in [0.5, 0.6) is 0 Å². The van der Waals surface area contributed by atoms with Crippen molar-refractivity contribution in [2.75, 3.05) is 6.54 Å². The molecule has 0 atom stereocenters. The van der Waals surface area contributed by atoms with Crippen molar-refractivity contribution in [3.63, 3.8) is 0 Å². The number of aromatic nitrogens is 2. The fraction of sp³-hybridized carbons (Fsp3) is 0.545. The minimum absolute atomic E-state index is 0.213. The molecule has 1 fully saturated rings. The van der Waals surface area contributed by atoms with Gasteiger partial charge in [-0.2, -0.15) is 10.2 Å². The molecule has 0 aromatic carbocycles. The zero-order valence-electron chi connectivity index (χ0n) is 9.02. The predicted molar refractivity (Wildman–Crippen MR) is 57.8 cm³/mol. The molecule has 1 heterocycles. The molecule has 5 nitrogen and oxygen atoms in total. The largest absolute Gasteiger partial charge is 0.388 e. The fourth-order valence-corrected chi connectivity index (χ4v) is 1.98. The third-order valence-electron chi connectivity index (χ3n) is 2.96. The van der Waals surface area contributed by atoms with Crippen molar-refractivity contribution in [3.05, 3.63) is 24.0 Å². The summed E-state index contributed by atoms with van der Waals surface area (Å²) in [6.45, 7) is 0.314. The van der Waals surface area contributed by atoms with Crippen molar-refractivity contribution in [1.29, 1.82) is 0 Å². The van der Waals surface area contributed by atoms with Crippen LogP contribution in [0.1, 0.15) is 36.0 Å². The number of carbonyl (C=O) groups is 1. The van der Waals surface area contributed by atoms with Gasteiger partial charge >= 0.3 is 0 Å². The van der Waals surface area contributed by atoms with E-state index in [0.717, 1.165) is 25.7 Å². The van der Waals surface area contributed by atoms with Gasteiger partial charge in [0, 0.05) is 6.54 Å². The fourth-order valence-electron chi connectivity index (χ4n) is 1.98. The first-order valence-corrected chi connectivity index (χ1v) is 5.47. The van der Waals surface area contributed by atoms with Crippen LogP contribution in [-0.2, 0) is 0 Å². The van der Waals surface area contributed by atoms with Gasteiger partial charge in [0.2, 0.25) is 0 Å². The maximum Gasteiger partial charge on any atom is 0.253 e. The molecule has 0 radical (unpaired) electrons. The van der Waals surface area contributed by atoms with Crippen molar-refractivity contribution in [2.45, 2.75) is 31.3 Å². The first kappa shape index (κ1) is 11.0. The summed E-state index contributed by atoms with van der Waals surface area (Å²) in [7, 11) is 0. The Bertz CT molecular complexity index is 361. The average molecular weight is 221 g/mol. The summed E-state index contributed by atoms with van der Waals surface area (Å²) >= 11 is 0. The van der Waals surface area contributed by atoms with E-state index in [4.69, 9.17) is 0 Å². The number of nitrogens with one attached hydrogen (secondary N) is 1. The van der Waals surface area contributed by atoms with E-state index in [0.29, 0.717) is 12.1 Å². The number of aliphatic hydroxyl groups is 1. The SMILES string of the molecule is O=C(NCC1(O)CCCC1)c1ccnnc1. The van der Waals surface area contributed by atoms with E-state index in [2.05, 4.69) is 15.5 Å². The van der Waals surface area contributed by atoms with Gasteiger partial charge in [-0.1, -0.05) is 12.8 Å². The van der Waals surface area contributed by atoms with Crippen molar-refractivity contribution >= 4 is 5.91 Å². The Kier molecular flexibility index (Phi) is 3.14. The molecule has 1 aliphatic carbocycles. The summed E-state index contributed by atoms with van der Waals surface area (Å²) in [5.74, 6) is -0.213. The molecule has 0 saturated heterocycles. The lowest BCUT2D eigenvalue weighted by molar-refractivity contribution is 0.0449. The average Bonchev–Trinajstić information content (AvgIpc) is 2.75. The first-order chi connectivity index (χ1) is 7.70. The van der Waals surface area contributed by atoms with Gasteiger partial charge in [-0.05, 0) is 18.9 Å². The molecule has 0 unspecified atom stereocenters. The maximum absolute atomic E-state index is 11.7. The van der Waals surface area contributed by atoms with E-state index < -0.39 is 5.60 Å². The van der Waals surface area contributed by atoms with E-state index in [1.54, 1.807) is 6.07 Å². The summed E-state index contributed by atoms with van der Waals surface area (Å²) in [6.07, 6.45) is 6.48. The van der Waals surface area contributed by atoms with Gasteiger partial charge in [0.15, 0.2) is 0 Å². The Hall–Kier alpha value is -1.49. The second-order valence-corrected chi connectivity index (χ2v) is 4.25. The van der Waals surface area contributed by atoms with E-state index >= 15 is 0 Å². The van der Waals surface area contributed by atoms with Gasteiger partial charge in [0.1, 0.15) is 0 Å². The van der Waals surface area contributed by atoms with Gasteiger partial charge in [0.25, 0.3) is 5.91 Å². The lowest BCUT2D eigenvalue weighted by Crippen LogP contribution is -2.40. The van der Waals surface area contributed by atoms with Crippen molar-refractivity contribution in [1.82, 2.24) is 15.5 Å². The molecule has 1 aromatic heterocycles. The van der Waals surface area contributed by atoms with Gasteiger partial charge < -0.3 is 10.4 Å². The second kappa shape index (κ2) is 4.57. The van der Waals surface area contributed by atoms with Gasteiger partial charge in [0.05, 0.1) is 23.6 Å². The molecule has 86 valence electrons. The van der Waals surface area contributed by atoms with Crippen LogP contribution in [0.2, 0.25) is 0 Å². The Balaban J connectivity index is 1.89. The van der Waals surface area contributed by atoms with Crippen molar-refractivity contribution in [2.24, 2.45) is 0 Å². The summed E-state index contributed by atoms with van der Waals surface area (Å²) in [6, 6.07) is 1.60. The van der Waals surface area contributed by atoms with E-state index in [-0.39, 0.29) is 5.91 Å². The summed E-state index contributed by atoms with van der Waals surface area (Å²) < 4.78 is 0. The van der Waals surface area contributed by atoms with Crippen molar-refractivity contribution < 1.29 is 9.90 Å². The third-order valence-corrected chi connectivity index (χ3v) is 2.96. The number of carbonyl (C=O) groups excluding carboxylic acids is 1.